The highest BCUT2D eigenvalue weighted by Crippen LogP contribution is 2.51. The van der Waals surface area contributed by atoms with Gasteiger partial charge >= 0.3 is 0 Å². The first-order chi connectivity index (χ1) is 29.5. The summed E-state index contributed by atoms with van der Waals surface area (Å²) in [6.45, 7) is 4.61. The number of fused-ring (bicyclic) bond motifs is 14. The van der Waals surface area contributed by atoms with E-state index in [2.05, 4.69) is 184 Å². The molecule has 0 spiro atoms. The third kappa shape index (κ3) is 4.70. The fraction of sp³-hybridized carbons (Fsp3) is 0.0536. The average molecular weight is 766 g/mol. The van der Waals surface area contributed by atoms with Crippen molar-refractivity contribution in [3.8, 4) is 45.3 Å². The molecule has 4 heteroatoms. The zero-order chi connectivity index (χ0) is 39.7. The van der Waals surface area contributed by atoms with Crippen molar-refractivity contribution in [3.05, 3.63) is 187 Å². The average Bonchev–Trinajstić information content (AvgIpc) is 3.78. The molecule has 12 aromatic rings. The first kappa shape index (κ1) is 33.3. The van der Waals surface area contributed by atoms with E-state index in [0.29, 0.717) is 17.5 Å². The van der Waals surface area contributed by atoms with Crippen molar-refractivity contribution in [2.75, 3.05) is 0 Å². The highest BCUT2D eigenvalue weighted by atomic mass is 16.3. The Bertz CT molecular complexity index is 3800. The summed E-state index contributed by atoms with van der Waals surface area (Å²) in [5, 5.41) is 14.0. The number of furan rings is 1. The predicted octanol–water partition coefficient (Wildman–Crippen LogP) is 14.8. The van der Waals surface area contributed by atoms with Crippen molar-refractivity contribution in [3.63, 3.8) is 0 Å². The number of benzene rings is 10. The summed E-state index contributed by atoms with van der Waals surface area (Å²) >= 11 is 0. The molecule has 0 saturated heterocycles. The molecule has 0 saturated carbocycles. The van der Waals surface area contributed by atoms with Gasteiger partial charge < -0.3 is 4.42 Å². The maximum Gasteiger partial charge on any atom is 0.164 e. The van der Waals surface area contributed by atoms with Gasteiger partial charge in [0.1, 0.15) is 11.2 Å². The Morgan fingerprint density at radius 1 is 0.350 bits per heavy atom. The van der Waals surface area contributed by atoms with Crippen molar-refractivity contribution < 1.29 is 4.42 Å². The van der Waals surface area contributed by atoms with E-state index in [0.717, 1.165) is 49.4 Å². The van der Waals surface area contributed by atoms with Gasteiger partial charge in [-0.25, -0.2) is 15.0 Å². The van der Waals surface area contributed by atoms with E-state index in [1.54, 1.807) is 0 Å². The summed E-state index contributed by atoms with van der Waals surface area (Å²) < 4.78 is 6.70. The van der Waals surface area contributed by atoms with E-state index in [-0.39, 0.29) is 5.41 Å². The van der Waals surface area contributed by atoms with Crippen molar-refractivity contribution >= 4 is 75.8 Å². The molecule has 0 fully saturated rings. The lowest BCUT2D eigenvalue weighted by atomic mass is 9.82. The standard InChI is InChI=1S/C56H35N3O/c1-56(2)46-19-8-7-16-40(46)44-30-45-49(31-47(44)56)60-48-20-10-18-42(52(45)48)55-58-53(57-54(59-55)41-17-9-13-32-11-3-5-14-38(32)41)37-28-23-34-22-25-36-27-26-35-24-21-33-12-4-6-15-39(33)50(35)51(36)43(34)29-37/h3-31H,1-2H3. The van der Waals surface area contributed by atoms with Crippen LogP contribution in [0.1, 0.15) is 25.0 Å². The summed E-state index contributed by atoms with van der Waals surface area (Å²) in [7, 11) is 0. The van der Waals surface area contributed by atoms with Gasteiger partial charge in [-0.15, -0.1) is 0 Å². The second-order valence-corrected chi connectivity index (χ2v) is 16.7. The third-order valence-corrected chi connectivity index (χ3v) is 13.1. The van der Waals surface area contributed by atoms with Crippen LogP contribution in [0.25, 0.3) is 121 Å². The van der Waals surface area contributed by atoms with Crippen LogP contribution in [0.5, 0.6) is 0 Å². The molecule has 1 aliphatic carbocycles. The fourth-order valence-corrected chi connectivity index (χ4v) is 10.2. The van der Waals surface area contributed by atoms with E-state index in [9.17, 15) is 0 Å². The molecular weight excluding hydrogens is 731 g/mol. The molecule has 0 N–H and O–H groups in total. The Kier molecular flexibility index (Phi) is 6.75. The second-order valence-electron chi connectivity index (χ2n) is 16.7. The quantitative estimate of drug-likeness (QED) is 0.168. The monoisotopic (exact) mass is 765 g/mol. The van der Waals surface area contributed by atoms with Gasteiger partial charge in [-0.3, -0.25) is 0 Å². The van der Waals surface area contributed by atoms with E-state index >= 15 is 0 Å². The molecule has 0 aliphatic heterocycles. The van der Waals surface area contributed by atoms with Gasteiger partial charge in [0.05, 0.1) is 0 Å². The number of aromatic nitrogens is 3. The Balaban J connectivity index is 1.09. The third-order valence-electron chi connectivity index (χ3n) is 13.1. The minimum atomic E-state index is -0.136. The second kappa shape index (κ2) is 12.2. The van der Waals surface area contributed by atoms with Crippen LogP contribution in [-0.2, 0) is 5.41 Å². The maximum absolute atomic E-state index is 6.70. The lowest BCUT2D eigenvalue weighted by molar-refractivity contribution is 0.647. The lowest BCUT2D eigenvalue weighted by Crippen LogP contribution is -2.14. The van der Waals surface area contributed by atoms with Gasteiger partial charge in [0.15, 0.2) is 17.5 Å². The van der Waals surface area contributed by atoms with Gasteiger partial charge in [0, 0.05) is 32.9 Å². The Labute approximate surface area is 345 Å². The molecule has 4 nitrogen and oxygen atoms in total. The van der Waals surface area contributed by atoms with Crippen molar-refractivity contribution in [1.82, 2.24) is 15.0 Å². The molecular formula is C56H35N3O. The van der Waals surface area contributed by atoms with E-state index < -0.39 is 0 Å². The highest BCUT2D eigenvalue weighted by Gasteiger charge is 2.36. The molecule has 2 heterocycles. The molecule has 10 aromatic carbocycles. The molecule has 13 rings (SSSR count). The van der Waals surface area contributed by atoms with Crippen molar-refractivity contribution in [1.29, 1.82) is 0 Å². The molecule has 280 valence electrons. The predicted molar refractivity (Wildman–Crippen MR) is 249 cm³/mol. The van der Waals surface area contributed by atoms with Gasteiger partial charge in [-0.2, -0.15) is 0 Å². The van der Waals surface area contributed by atoms with Crippen LogP contribution in [0.15, 0.2) is 180 Å². The Hall–Kier alpha value is -7.69. The zero-order valence-corrected chi connectivity index (χ0v) is 33.0. The van der Waals surface area contributed by atoms with Crippen LogP contribution < -0.4 is 0 Å². The van der Waals surface area contributed by atoms with E-state index in [1.165, 1.54) is 65.3 Å². The topological polar surface area (TPSA) is 51.8 Å². The number of nitrogens with zero attached hydrogens (tertiary/aromatic N) is 3. The molecule has 1 aliphatic rings. The van der Waals surface area contributed by atoms with E-state index in [1.807, 2.05) is 6.07 Å². The van der Waals surface area contributed by atoms with Crippen LogP contribution in [-0.4, -0.2) is 15.0 Å². The molecule has 0 atom stereocenters. The van der Waals surface area contributed by atoms with Gasteiger partial charge in [-0.1, -0.05) is 166 Å². The minimum Gasteiger partial charge on any atom is -0.456 e. The highest BCUT2D eigenvalue weighted by molar-refractivity contribution is 6.27. The Morgan fingerprint density at radius 3 is 1.73 bits per heavy atom. The molecule has 2 aromatic heterocycles. The first-order valence-corrected chi connectivity index (χ1v) is 20.6. The van der Waals surface area contributed by atoms with Crippen LogP contribution in [0.2, 0.25) is 0 Å². The molecule has 0 bridgehead atoms. The molecule has 60 heavy (non-hydrogen) atoms. The molecule has 0 amide bonds. The first-order valence-electron chi connectivity index (χ1n) is 20.6. The largest absolute Gasteiger partial charge is 0.456 e. The lowest BCUT2D eigenvalue weighted by Gasteiger charge is -2.21. The summed E-state index contributed by atoms with van der Waals surface area (Å²) in [6.07, 6.45) is 0. The van der Waals surface area contributed by atoms with Crippen molar-refractivity contribution in [2.24, 2.45) is 0 Å². The number of hydrogen-bond acceptors (Lipinski definition) is 4. The molecule has 0 unspecified atom stereocenters. The number of rotatable bonds is 3. The van der Waals surface area contributed by atoms with Crippen LogP contribution in [0.3, 0.4) is 0 Å². The molecule has 0 radical (unpaired) electrons. The zero-order valence-electron chi connectivity index (χ0n) is 33.0. The smallest absolute Gasteiger partial charge is 0.164 e. The summed E-state index contributed by atoms with van der Waals surface area (Å²) in [4.78, 5) is 16.0. The minimum absolute atomic E-state index is 0.136. The normalized spacial score (nSPS) is 13.3. The summed E-state index contributed by atoms with van der Waals surface area (Å²) in [6, 6.07) is 63.1. The summed E-state index contributed by atoms with van der Waals surface area (Å²) in [5.74, 6) is 1.85. The van der Waals surface area contributed by atoms with Gasteiger partial charge in [0.2, 0.25) is 0 Å². The van der Waals surface area contributed by atoms with Crippen LogP contribution in [0, 0.1) is 0 Å². The van der Waals surface area contributed by atoms with E-state index in [4.69, 9.17) is 19.4 Å². The number of hydrogen-bond donors (Lipinski definition) is 0. The van der Waals surface area contributed by atoms with Gasteiger partial charge in [0.25, 0.3) is 0 Å². The van der Waals surface area contributed by atoms with Crippen LogP contribution in [0.4, 0.5) is 0 Å². The van der Waals surface area contributed by atoms with Crippen LogP contribution >= 0.6 is 0 Å². The maximum atomic E-state index is 6.70. The fourth-order valence-electron chi connectivity index (χ4n) is 10.2. The summed E-state index contributed by atoms with van der Waals surface area (Å²) in [5.41, 5.74) is 9.47. The SMILES string of the molecule is CC1(C)c2ccccc2-c2cc3c(cc21)oc1cccc(-c2nc(-c4ccc5ccc6ccc7ccc8ccccc8c7c6c5c4)nc(-c4cccc5ccccc45)n2)c13. The van der Waals surface area contributed by atoms with Crippen molar-refractivity contribution in [2.45, 2.75) is 19.3 Å². The van der Waals surface area contributed by atoms with Gasteiger partial charge in [-0.05, 0) is 100 Å². The Morgan fingerprint density at radius 2 is 0.917 bits per heavy atom.